The lowest BCUT2D eigenvalue weighted by Crippen LogP contribution is -2.24. The van der Waals surface area contributed by atoms with Crippen LogP contribution in [0.15, 0.2) is 18.2 Å². The lowest BCUT2D eigenvalue weighted by molar-refractivity contribution is 0.826. The summed E-state index contributed by atoms with van der Waals surface area (Å²) in [6.45, 7) is 8.24. The molecule has 0 atom stereocenters. The molecule has 0 spiro atoms. The van der Waals surface area contributed by atoms with Gasteiger partial charge in [0.2, 0.25) is 0 Å². The summed E-state index contributed by atoms with van der Waals surface area (Å²) in [6.07, 6.45) is 0. The van der Waals surface area contributed by atoms with Crippen molar-refractivity contribution in [1.29, 1.82) is 0 Å². The van der Waals surface area contributed by atoms with Gasteiger partial charge in [-0.1, -0.05) is 6.07 Å². The van der Waals surface area contributed by atoms with Crippen LogP contribution in [-0.4, -0.2) is 22.5 Å². The van der Waals surface area contributed by atoms with Crippen LogP contribution in [0.4, 0.5) is 11.6 Å². The molecule has 0 aliphatic rings. The van der Waals surface area contributed by atoms with E-state index in [0.29, 0.717) is 5.82 Å². The van der Waals surface area contributed by atoms with Gasteiger partial charge in [-0.2, -0.15) is 0 Å². The van der Waals surface area contributed by atoms with Gasteiger partial charge >= 0.3 is 0 Å². The van der Waals surface area contributed by atoms with E-state index in [4.69, 9.17) is 5.73 Å². The maximum absolute atomic E-state index is 5.88. The molecule has 16 heavy (non-hydrogen) atoms. The first-order chi connectivity index (χ1) is 7.69. The van der Waals surface area contributed by atoms with Crippen LogP contribution in [0.25, 0.3) is 5.52 Å². The molecule has 0 amide bonds. The molecule has 0 saturated carbocycles. The molecular formula is C12H18N4. The minimum atomic E-state index is 0.603. The van der Waals surface area contributed by atoms with Gasteiger partial charge in [0.05, 0.1) is 5.52 Å². The second kappa shape index (κ2) is 4.04. The summed E-state index contributed by atoms with van der Waals surface area (Å²) in [5.41, 5.74) is 6.87. The molecule has 86 valence electrons. The molecule has 0 aliphatic carbocycles. The van der Waals surface area contributed by atoms with Crippen LogP contribution in [0.5, 0.6) is 0 Å². The van der Waals surface area contributed by atoms with Crippen molar-refractivity contribution in [1.82, 2.24) is 9.38 Å². The van der Waals surface area contributed by atoms with Gasteiger partial charge < -0.3 is 10.6 Å². The number of aromatic nitrogens is 2. The molecule has 2 aromatic rings. The number of anilines is 2. The number of hydrogen-bond donors (Lipinski definition) is 1. The van der Waals surface area contributed by atoms with E-state index in [1.165, 1.54) is 0 Å². The van der Waals surface area contributed by atoms with Gasteiger partial charge in [0.15, 0.2) is 0 Å². The molecule has 2 rings (SSSR count). The molecule has 0 unspecified atom stereocenters. The lowest BCUT2D eigenvalue weighted by Gasteiger charge is -2.22. The molecule has 2 heterocycles. The Kier molecular flexibility index (Phi) is 2.73. The predicted molar refractivity (Wildman–Crippen MR) is 67.9 cm³/mol. The van der Waals surface area contributed by atoms with Crippen LogP contribution in [-0.2, 0) is 0 Å². The van der Waals surface area contributed by atoms with Gasteiger partial charge in [-0.25, -0.2) is 4.98 Å². The van der Waals surface area contributed by atoms with E-state index in [-0.39, 0.29) is 0 Å². The highest BCUT2D eigenvalue weighted by Gasteiger charge is 2.11. The first kappa shape index (κ1) is 10.8. The first-order valence-corrected chi connectivity index (χ1v) is 5.67. The molecular weight excluding hydrogens is 200 g/mol. The van der Waals surface area contributed by atoms with E-state index < -0.39 is 0 Å². The maximum Gasteiger partial charge on any atom is 0.149 e. The van der Waals surface area contributed by atoms with Crippen molar-refractivity contribution in [3.8, 4) is 0 Å². The standard InChI is InChI=1S/C12H18N4/c1-4-15(5-2)11-8-6-7-10-12(13)14-9(3)16(10)11/h6-8H,4-5,13H2,1-3H3. The Morgan fingerprint density at radius 2 is 2.00 bits per heavy atom. The molecule has 0 fully saturated rings. The second-order valence-electron chi connectivity index (χ2n) is 3.82. The molecule has 2 N–H and O–H groups in total. The first-order valence-electron chi connectivity index (χ1n) is 5.67. The third-order valence-corrected chi connectivity index (χ3v) is 2.93. The van der Waals surface area contributed by atoms with Gasteiger partial charge in [0.25, 0.3) is 0 Å². The fourth-order valence-corrected chi connectivity index (χ4v) is 2.11. The zero-order valence-electron chi connectivity index (χ0n) is 10.1. The number of rotatable bonds is 3. The second-order valence-corrected chi connectivity index (χ2v) is 3.82. The number of pyridine rings is 1. The Balaban J connectivity index is 2.69. The quantitative estimate of drug-likeness (QED) is 0.858. The van der Waals surface area contributed by atoms with Crippen molar-refractivity contribution < 1.29 is 0 Å². The summed E-state index contributed by atoms with van der Waals surface area (Å²) < 4.78 is 2.11. The molecule has 4 nitrogen and oxygen atoms in total. The third kappa shape index (κ3) is 1.50. The van der Waals surface area contributed by atoms with Crippen LogP contribution in [0, 0.1) is 6.92 Å². The highest BCUT2D eigenvalue weighted by Crippen LogP contribution is 2.22. The SMILES string of the molecule is CCN(CC)c1cccc2c(N)nc(C)n12. The average molecular weight is 218 g/mol. The summed E-state index contributed by atoms with van der Waals surface area (Å²) in [6, 6.07) is 6.14. The van der Waals surface area contributed by atoms with Gasteiger partial charge in [0.1, 0.15) is 17.5 Å². The topological polar surface area (TPSA) is 46.6 Å². The Labute approximate surface area is 95.7 Å². The van der Waals surface area contributed by atoms with Gasteiger partial charge in [-0.05, 0) is 32.9 Å². The Morgan fingerprint density at radius 1 is 1.31 bits per heavy atom. The van der Waals surface area contributed by atoms with E-state index in [2.05, 4.69) is 34.2 Å². The van der Waals surface area contributed by atoms with Crippen LogP contribution in [0.1, 0.15) is 19.7 Å². The molecule has 0 radical (unpaired) electrons. The highest BCUT2D eigenvalue weighted by atomic mass is 15.2. The number of nitrogens with zero attached hydrogens (tertiary/aromatic N) is 3. The van der Waals surface area contributed by atoms with Crippen molar-refractivity contribution in [2.45, 2.75) is 20.8 Å². The Bertz CT molecular complexity index is 497. The van der Waals surface area contributed by atoms with Crippen molar-refractivity contribution in [2.24, 2.45) is 0 Å². The molecule has 0 aliphatic heterocycles. The lowest BCUT2D eigenvalue weighted by atomic mass is 10.3. The van der Waals surface area contributed by atoms with Crippen LogP contribution < -0.4 is 10.6 Å². The van der Waals surface area contributed by atoms with Crippen LogP contribution >= 0.6 is 0 Å². The summed E-state index contributed by atoms with van der Waals surface area (Å²) >= 11 is 0. The number of aryl methyl sites for hydroxylation is 1. The van der Waals surface area contributed by atoms with Gasteiger partial charge in [-0.15, -0.1) is 0 Å². The number of nitrogen functional groups attached to an aromatic ring is 1. The molecule has 2 aromatic heterocycles. The Hall–Kier alpha value is -1.71. The van der Waals surface area contributed by atoms with E-state index in [9.17, 15) is 0 Å². The number of hydrogen-bond acceptors (Lipinski definition) is 3. The minimum Gasteiger partial charge on any atom is -0.382 e. The fraction of sp³-hybridized carbons (Fsp3) is 0.417. The van der Waals surface area contributed by atoms with E-state index in [0.717, 1.165) is 30.2 Å². The van der Waals surface area contributed by atoms with Crippen molar-refractivity contribution in [3.05, 3.63) is 24.0 Å². The third-order valence-electron chi connectivity index (χ3n) is 2.93. The van der Waals surface area contributed by atoms with Gasteiger partial charge in [-0.3, -0.25) is 4.40 Å². The predicted octanol–water partition coefficient (Wildman–Crippen LogP) is 2.07. The largest absolute Gasteiger partial charge is 0.382 e. The fourth-order valence-electron chi connectivity index (χ4n) is 2.11. The molecule has 0 saturated heterocycles. The smallest absolute Gasteiger partial charge is 0.149 e. The molecule has 0 bridgehead atoms. The van der Waals surface area contributed by atoms with Crippen LogP contribution in [0.2, 0.25) is 0 Å². The normalized spacial score (nSPS) is 10.9. The minimum absolute atomic E-state index is 0.603. The van der Waals surface area contributed by atoms with Crippen LogP contribution in [0.3, 0.4) is 0 Å². The average Bonchev–Trinajstić information content (AvgIpc) is 2.57. The summed E-state index contributed by atoms with van der Waals surface area (Å²) in [7, 11) is 0. The number of nitrogens with two attached hydrogens (primary N) is 1. The van der Waals surface area contributed by atoms with E-state index >= 15 is 0 Å². The van der Waals surface area contributed by atoms with Crippen molar-refractivity contribution in [2.75, 3.05) is 23.7 Å². The molecule has 4 heteroatoms. The molecule has 0 aromatic carbocycles. The zero-order valence-corrected chi connectivity index (χ0v) is 10.1. The summed E-state index contributed by atoms with van der Waals surface area (Å²) in [5.74, 6) is 2.70. The monoisotopic (exact) mass is 218 g/mol. The van der Waals surface area contributed by atoms with E-state index in [1.54, 1.807) is 0 Å². The maximum atomic E-state index is 5.88. The van der Waals surface area contributed by atoms with E-state index in [1.807, 2.05) is 19.1 Å². The summed E-state index contributed by atoms with van der Waals surface area (Å²) in [4.78, 5) is 6.61. The summed E-state index contributed by atoms with van der Waals surface area (Å²) in [5, 5.41) is 0. The van der Waals surface area contributed by atoms with Crippen molar-refractivity contribution in [3.63, 3.8) is 0 Å². The number of fused-ring (bicyclic) bond motifs is 1. The van der Waals surface area contributed by atoms with Crippen molar-refractivity contribution >= 4 is 17.2 Å². The zero-order chi connectivity index (χ0) is 11.7. The van der Waals surface area contributed by atoms with Gasteiger partial charge in [0, 0.05) is 13.1 Å². The number of imidazole rings is 1. The highest BCUT2D eigenvalue weighted by molar-refractivity contribution is 5.70. The Morgan fingerprint density at radius 3 is 2.62 bits per heavy atom.